The van der Waals surface area contributed by atoms with E-state index in [0.717, 1.165) is 27.3 Å². The van der Waals surface area contributed by atoms with Gasteiger partial charge in [-0.2, -0.15) is 0 Å². The van der Waals surface area contributed by atoms with Crippen LogP contribution in [-0.2, 0) is 15.3 Å². The SMILES string of the molecule is COC(=O)COc1cc(OC)c(SCc2ccc(C=Cc3cccc(F)c3)cc2)cc1C. The van der Waals surface area contributed by atoms with Gasteiger partial charge in [-0.1, -0.05) is 48.6 Å². The van der Waals surface area contributed by atoms with Gasteiger partial charge in [-0.3, -0.25) is 0 Å². The number of hydrogen-bond donors (Lipinski definition) is 0. The Labute approximate surface area is 192 Å². The fraction of sp³-hybridized carbons (Fsp3) is 0.192. The number of hydrogen-bond acceptors (Lipinski definition) is 5. The van der Waals surface area contributed by atoms with E-state index in [1.165, 1.54) is 24.8 Å². The van der Waals surface area contributed by atoms with E-state index >= 15 is 0 Å². The van der Waals surface area contributed by atoms with Gasteiger partial charge in [0.15, 0.2) is 6.61 Å². The van der Waals surface area contributed by atoms with Crippen LogP contribution in [0.25, 0.3) is 12.2 Å². The van der Waals surface area contributed by atoms with E-state index in [0.29, 0.717) is 11.5 Å². The number of methoxy groups -OCH3 is 2. The maximum Gasteiger partial charge on any atom is 0.343 e. The summed E-state index contributed by atoms with van der Waals surface area (Å²) in [7, 11) is 2.94. The second kappa shape index (κ2) is 11.4. The largest absolute Gasteiger partial charge is 0.495 e. The van der Waals surface area contributed by atoms with Gasteiger partial charge in [-0.15, -0.1) is 11.8 Å². The van der Waals surface area contributed by atoms with Crippen LogP contribution < -0.4 is 9.47 Å². The van der Waals surface area contributed by atoms with E-state index in [2.05, 4.69) is 16.9 Å². The summed E-state index contributed by atoms with van der Waals surface area (Å²) >= 11 is 1.66. The highest BCUT2D eigenvalue weighted by Crippen LogP contribution is 2.37. The molecule has 0 saturated carbocycles. The van der Waals surface area contributed by atoms with Crippen LogP contribution in [0.4, 0.5) is 4.39 Å². The fourth-order valence-corrected chi connectivity index (χ4v) is 4.01. The molecule has 32 heavy (non-hydrogen) atoms. The predicted octanol–water partition coefficient (Wildman–Crippen LogP) is 6.16. The van der Waals surface area contributed by atoms with Crippen molar-refractivity contribution in [3.8, 4) is 11.5 Å². The van der Waals surface area contributed by atoms with Crippen LogP contribution in [-0.4, -0.2) is 26.8 Å². The van der Waals surface area contributed by atoms with Crippen LogP contribution >= 0.6 is 11.8 Å². The minimum atomic E-state index is -0.434. The third-order valence-electron chi connectivity index (χ3n) is 4.73. The number of rotatable bonds is 9. The van der Waals surface area contributed by atoms with E-state index in [-0.39, 0.29) is 12.4 Å². The average Bonchev–Trinajstić information content (AvgIpc) is 2.81. The molecule has 0 bridgehead atoms. The molecule has 0 amide bonds. The van der Waals surface area contributed by atoms with Crippen LogP contribution in [0.2, 0.25) is 0 Å². The van der Waals surface area contributed by atoms with Gasteiger partial charge < -0.3 is 14.2 Å². The minimum Gasteiger partial charge on any atom is -0.495 e. The van der Waals surface area contributed by atoms with Crippen LogP contribution in [0.5, 0.6) is 11.5 Å². The number of ether oxygens (including phenoxy) is 3. The predicted molar refractivity (Wildman–Crippen MR) is 127 cm³/mol. The molecular formula is C26H25FO4S. The quantitative estimate of drug-likeness (QED) is 0.221. The first kappa shape index (κ1) is 23.4. The Balaban J connectivity index is 1.63. The van der Waals surface area contributed by atoms with Gasteiger partial charge in [0, 0.05) is 11.8 Å². The second-order valence-corrected chi connectivity index (χ2v) is 8.07. The molecule has 6 heteroatoms. The van der Waals surface area contributed by atoms with E-state index in [9.17, 15) is 9.18 Å². The molecule has 4 nitrogen and oxygen atoms in total. The van der Waals surface area contributed by atoms with Gasteiger partial charge in [0.2, 0.25) is 0 Å². The Morgan fingerprint density at radius 2 is 1.72 bits per heavy atom. The molecular weight excluding hydrogens is 427 g/mol. The highest BCUT2D eigenvalue weighted by molar-refractivity contribution is 7.98. The molecule has 0 N–H and O–H groups in total. The molecule has 3 aromatic rings. The number of thioether (sulfide) groups is 1. The maximum atomic E-state index is 13.3. The lowest BCUT2D eigenvalue weighted by atomic mass is 10.1. The number of halogens is 1. The summed E-state index contributed by atoms with van der Waals surface area (Å²) in [6, 6.07) is 18.5. The standard InChI is InChI=1S/C26H25FO4S/c1-18-13-25(24(29-2)15-23(18)31-16-26(28)30-3)32-17-21-11-8-19(9-12-21)7-10-20-5-4-6-22(27)14-20/h4-15H,16-17H2,1-3H3. The van der Waals surface area contributed by atoms with Gasteiger partial charge in [-0.05, 0) is 47.4 Å². The van der Waals surface area contributed by atoms with E-state index in [4.69, 9.17) is 9.47 Å². The number of benzene rings is 3. The topological polar surface area (TPSA) is 44.8 Å². The summed E-state index contributed by atoms with van der Waals surface area (Å²) in [5, 5.41) is 0. The summed E-state index contributed by atoms with van der Waals surface area (Å²) in [4.78, 5) is 12.3. The van der Waals surface area contributed by atoms with Crippen molar-refractivity contribution in [2.24, 2.45) is 0 Å². The number of carbonyl (C=O) groups is 1. The first-order valence-electron chi connectivity index (χ1n) is 10.0. The fourth-order valence-electron chi connectivity index (χ4n) is 2.96. The Morgan fingerprint density at radius 3 is 2.41 bits per heavy atom. The van der Waals surface area contributed by atoms with Crippen molar-refractivity contribution in [1.29, 1.82) is 0 Å². The van der Waals surface area contributed by atoms with Crippen LogP contribution in [0, 0.1) is 12.7 Å². The van der Waals surface area contributed by atoms with Crippen LogP contribution in [0.3, 0.4) is 0 Å². The smallest absolute Gasteiger partial charge is 0.343 e. The third kappa shape index (κ3) is 6.62. The van der Waals surface area contributed by atoms with Crippen molar-refractivity contribution in [3.05, 3.63) is 88.7 Å². The number of esters is 1. The molecule has 3 rings (SSSR count). The summed E-state index contributed by atoms with van der Waals surface area (Å²) in [5.41, 5.74) is 3.95. The van der Waals surface area contributed by atoms with E-state index in [1.54, 1.807) is 31.0 Å². The molecule has 3 aromatic carbocycles. The van der Waals surface area contributed by atoms with Crippen molar-refractivity contribution < 1.29 is 23.4 Å². The zero-order valence-electron chi connectivity index (χ0n) is 18.3. The molecule has 0 aliphatic carbocycles. The molecule has 0 aliphatic heterocycles. The Hall–Kier alpha value is -3.25. The Bertz CT molecular complexity index is 1090. The second-order valence-electron chi connectivity index (χ2n) is 7.05. The number of carbonyl (C=O) groups excluding carboxylic acids is 1. The first-order valence-corrected chi connectivity index (χ1v) is 11.0. The Morgan fingerprint density at radius 1 is 0.969 bits per heavy atom. The summed E-state index contributed by atoms with van der Waals surface area (Å²) in [6.07, 6.45) is 3.86. The van der Waals surface area contributed by atoms with Gasteiger partial charge in [0.25, 0.3) is 0 Å². The lowest BCUT2D eigenvalue weighted by molar-refractivity contribution is -0.142. The zero-order chi connectivity index (χ0) is 22.9. The first-order chi connectivity index (χ1) is 15.5. The molecule has 0 fully saturated rings. The molecule has 0 unspecified atom stereocenters. The van der Waals surface area contributed by atoms with Crippen LogP contribution in [0.1, 0.15) is 22.3 Å². The molecule has 0 radical (unpaired) electrons. The monoisotopic (exact) mass is 452 g/mol. The Kier molecular flexibility index (Phi) is 8.34. The summed E-state index contributed by atoms with van der Waals surface area (Å²) in [5.74, 6) is 1.37. The molecule has 0 aromatic heterocycles. The molecule has 0 aliphatic rings. The van der Waals surface area contributed by atoms with Crippen molar-refractivity contribution in [3.63, 3.8) is 0 Å². The maximum absolute atomic E-state index is 13.3. The molecule has 0 atom stereocenters. The highest BCUT2D eigenvalue weighted by Gasteiger charge is 2.12. The van der Waals surface area contributed by atoms with Crippen LogP contribution in [0.15, 0.2) is 65.6 Å². The normalized spacial score (nSPS) is 10.9. The van der Waals surface area contributed by atoms with Crippen molar-refractivity contribution >= 4 is 29.9 Å². The molecule has 0 saturated heterocycles. The molecule has 0 heterocycles. The lowest BCUT2D eigenvalue weighted by Crippen LogP contribution is -2.13. The molecule has 166 valence electrons. The minimum absolute atomic E-state index is 0.146. The average molecular weight is 453 g/mol. The van der Waals surface area contributed by atoms with E-state index < -0.39 is 5.97 Å². The van der Waals surface area contributed by atoms with Crippen molar-refractivity contribution in [1.82, 2.24) is 0 Å². The summed E-state index contributed by atoms with van der Waals surface area (Å²) in [6.45, 7) is 1.78. The van der Waals surface area contributed by atoms with Gasteiger partial charge in [-0.25, -0.2) is 9.18 Å². The summed E-state index contributed by atoms with van der Waals surface area (Å²) < 4.78 is 28.9. The number of aryl methyl sites for hydroxylation is 1. The highest BCUT2D eigenvalue weighted by atomic mass is 32.2. The van der Waals surface area contributed by atoms with Gasteiger partial charge in [0.1, 0.15) is 17.3 Å². The van der Waals surface area contributed by atoms with Gasteiger partial charge in [0.05, 0.1) is 19.1 Å². The molecule has 0 spiro atoms. The third-order valence-corrected chi connectivity index (χ3v) is 5.83. The zero-order valence-corrected chi connectivity index (χ0v) is 19.1. The van der Waals surface area contributed by atoms with Gasteiger partial charge >= 0.3 is 5.97 Å². The van der Waals surface area contributed by atoms with Crippen molar-refractivity contribution in [2.45, 2.75) is 17.6 Å². The van der Waals surface area contributed by atoms with Crippen molar-refractivity contribution in [2.75, 3.05) is 20.8 Å². The lowest BCUT2D eigenvalue weighted by Gasteiger charge is -2.14. The van der Waals surface area contributed by atoms with E-state index in [1.807, 2.05) is 43.3 Å².